The predicted octanol–water partition coefficient (Wildman–Crippen LogP) is 1.64. The summed E-state index contributed by atoms with van der Waals surface area (Å²) < 4.78 is 32.6. The molecule has 2 aliphatic rings. The fourth-order valence-electron chi connectivity index (χ4n) is 3.12. The van der Waals surface area contributed by atoms with Crippen molar-refractivity contribution in [3.8, 4) is 5.75 Å². The number of rotatable bonds is 4. The molecule has 0 aromatic heterocycles. The number of ether oxygens (including phenoxy) is 1. The lowest BCUT2D eigenvalue weighted by atomic mass is 10.2. The summed E-state index contributed by atoms with van der Waals surface area (Å²) in [6, 6.07) is 5.00. The van der Waals surface area contributed by atoms with E-state index in [-0.39, 0.29) is 11.8 Å². The van der Waals surface area contributed by atoms with Gasteiger partial charge in [0.05, 0.1) is 12.0 Å². The summed E-state index contributed by atoms with van der Waals surface area (Å²) in [4.78, 5) is 14.3. The third-order valence-corrected chi connectivity index (χ3v) is 6.75. The average Bonchev–Trinajstić information content (AvgIpc) is 3.39. The Morgan fingerprint density at radius 1 is 1.17 bits per heavy atom. The number of benzene rings is 1. The van der Waals surface area contributed by atoms with Crippen molar-refractivity contribution in [3.05, 3.63) is 23.8 Å². The summed E-state index contributed by atoms with van der Waals surface area (Å²) in [5, 5.41) is 0. The lowest BCUT2D eigenvalue weighted by molar-refractivity contribution is -0.132. The third-order valence-electron chi connectivity index (χ3n) is 4.69. The molecule has 7 heteroatoms. The fraction of sp³-hybridized carbons (Fsp3) is 0.588. The number of sulfonamides is 1. The Morgan fingerprint density at radius 3 is 2.54 bits per heavy atom. The van der Waals surface area contributed by atoms with Crippen molar-refractivity contribution in [1.29, 1.82) is 0 Å². The molecule has 1 saturated carbocycles. The van der Waals surface area contributed by atoms with E-state index in [0.717, 1.165) is 12.8 Å². The number of amides is 1. The number of hydrogen-bond donors (Lipinski definition) is 0. The minimum atomic E-state index is -3.55. The van der Waals surface area contributed by atoms with Crippen LogP contribution in [0.15, 0.2) is 23.1 Å². The van der Waals surface area contributed by atoms with E-state index in [4.69, 9.17) is 4.74 Å². The predicted molar refractivity (Wildman–Crippen MR) is 90.4 cm³/mol. The van der Waals surface area contributed by atoms with Crippen LogP contribution in [-0.2, 0) is 14.8 Å². The Morgan fingerprint density at radius 2 is 1.92 bits per heavy atom. The van der Waals surface area contributed by atoms with E-state index in [1.807, 2.05) is 4.90 Å². The van der Waals surface area contributed by atoms with E-state index in [1.54, 1.807) is 32.2 Å². The molecular formula is C17H24N2O4S. The number of aryl methyl sites for hydroxylation is 1. The SMILES string of the molecule is COc1ccc(S(=O)(=O)N2CCCN(C(=O)C3CC3)CC2)c(C)c1. The van der Waals surface area contributed by atoms with Crippen molar-refractivity contribution in [1.82, 2.24) is 9.21 Å². The standard InChI is InChI=1S/C17H24N2O4S/c1-13-12-15(23-2)6-7-16(13)24(21,22)19-9-3-8-18(10-11-19)17(20)14-4-5-14/h6-7,12,14H,3-5,8-11H2,1-2H3. The highest BCUT2D eigenvalue weighted by Gasteiger charge is 2.35. The van der Waals surface area contributed by atoms with Gasteiger partial charge in [-0.05, 0) is 49.9 Å². The van der Waals surface area contributed by atoms with Crippen molar-refractivity contribution in [2.24, 2.45) is 5.92 Å². The van der Waals surface area contributed by atoms with Gasteiger partial charge >= 0.3 is 0 Å². The maximum Gasteiger partial charge on any atom is 0.243 e. The van der Waals surface area contributed by atoms with Crippen LogP contribution in [0.5, 0.6) is 5.75 Å². The second-order valence-corrected chi connectivity index (χ2v) is 8.39. The molecule has 1 aliphatic carbocycles. The molecule has 24 heavy (non-hydrogen) atoms. The van der Waals surface area contributed by atoms with Crippen LogP contribution >= 0.6 is 0 Å². The summed E-state index contributed by atoms with van der Waals surface area (Å²) in [7, 11) is -2.00. The molecule has 1 aromatic rings. The molecule has 132 valence electrons. The number of methoxy groups -OCH3 is 1. The monoisotopic (exact) mass is 352 g/mol. The van der Waals surface area contributed by atoms with Crippen molar-refractivity contribution in [2.45, 2.75) is 31.1 Å². The molecule has 0 radical (unpaired) electrons. The topological polar surface area (TPSA) is 66.9 Å². The Labute approximate surface area is 143 Å². The van der Waals surface area contributed by atoms with E-state index in [0.29, 0.717) is 48.8 Å². The van der Waals surface area contributed by atoms with Gasteiger partial charge in [-0.1, -0.05) is 0 Å². The highest BCUT2D eigenvalue weighted by molar-refractivity contribution is 7.89. The van der Waals surface area contributed by atoms with E-state index >= 15 is 0 Å². The van der Waals surface area contributed by atoms with Gasteiger partial charge in [-0.15, -0.1) is 0 Å². The molecule has 2 fully saturated rings. The highest BCUT2D eigenvalue weighted by atomic mass is 32.2. The summed E-state index contributed by atoms with van der Waals surface area (Å²) in [6.07, 6.45) is 2.62. The van der Waals surface area contributed by atoms with Gasteiger partial charge in [-0.25, -0.2) is 8.42 Å². The van der Waals surface area contributed by atoms with Gasteiger partial charge in [0.25, 0.3) is 0 Å². The normalized spacial score (nSPS) is 19.8. The van der Waals surface area contributed by atoms with E-state index in [1.165, 1.54) is 4.31 Å². The van der Waals surface area contributed by atoms with Crippen molar-refractivity contribution < 1.29 is 17.9 Å². The molecule has 0 atom stereocenters. The minimum Gasteiger partial charge on any atom is -0.497 e. The van der Waals surface area contributed by atoms with E-state index < -0.39 is 10.0 Å². The van der Waals surface area contributed by atoms with Crippen molar-refractivity contribution >= 4 is 15.9 Å². The van der Waals surface area contributed by atoms with Crippen LogP contribution in [0.2, 0.25) is 0 Å². The smallest absolute Gasteiger partial charge is 0.243 e. The van der Waals surface area contributed by atoms with Gasteiger partial charge in [0.2, 0.25) is 15.9 Å². The molecule has 3 rings (SSSR count). The lowest BCUT2D eigenvalue weighted by Crippen LogP contribution is -2.38. The molecule has 1 saturated heterocycles. The Kier molecular flexibility index (Phi) is 4.83. The second kappa shape index (κ2) is 6.72. The zero-order valence-corrected chi connectivity index (χ0v) is 15.0. The number of hydrogen-bond acceptors (Lipinski definition) is 4. The quantitative estimate of drug-likeness (QED) is 0.826. The largest absolute Gasteiger partial charge is 0.497 e. The molecule has 0 bridgehead atoms. The third kappa shape index (κ3) is 3.42. The molecule has 1 heterocycles. The summed E-state index contributed by atoms with van der Waals surface area (Å²) in [6.45, 7) is 3.69. The highest BCUT2D eigenvalue weighted by Crippen LogP contribution is 2.31. The van der Waals surface area contributed by atoms with Gasteiger partial charge in [-0.2, -0.15) is 4.31 Å². The fourth-order valence-corrected chi connectivity index (χ4v) is 4.80. The zero-order chi connectivity index (χ0) is 17.3. The van der Waals surface area contributed by atoms with Gasteiger partial charge in [0.1, 0.15) is 5.75 Å². The number of carbonyl (C=O) groups excluding carboxylic acids is 1. The zero-order valence-electron chi connectivity index (χ0n) is 14.2. The second-order valence-electron chi connectivity index (χ2n) is 6.49. The first-order valence-corrected chi connectivity index (χ1v) is 9.81. The number of nitrogens with zero attached hydrogens (tertiary/aromatic N) is 2. The van der Waals surface area contributed by atoms with Crippen LogP contribution in [-0.4, -0.2) is 56.8 Å². The molecule has 0 N–H and O–H groups in total. The Hall–Kier alpha value is -1.60. The van der Waals surface area contributed by atoms with E-state index in [9.17, 15) is 13.2 Å². The molecule has 1 amide bonds. The van der Waals surface area contributed by atoms with Crippen molar-refractivity contribution in [2.75, 3.05) is 33.3 Å². The molecule has 0 unspecified atom stereocenters. The first kappa shape index (κ1) is 17.2. The maximum absolute atomic E-state index is 13.0. The summed E-state index contributed by atoms with van der Waals surface area (Å²) >= 11 is 0. The Bertz CT molecular complexity index is 728. The average molecular weight is 352 g/mol. The molecular weight excluding hydrogens is 328 g/mol. The lowest BCUT2D eigenvalue weighted by Gasteiger charge is -2.22. The van der Waals surface area contributed by atoms with Gasteiger partial charge in [0, 0.05) is 32.1 Å². The first-order valence-electron chi connectivity index (χ1n) is 8.37. The molecule has 1 aliphatic heterocycles. The first-order chi connectivity index (χ1) is 11.4. The summed E-state index contributed by atoms with van der Waals surface area (Å²) in [5.74, 6) is 1.01. The maximum atomic E-state index is 13.0. The van der Waals surface area contributed by atoms with Crippen LogP contribution < -0.4 is 4.74 Å². The van der Waals surface area contributed by atoms with Gasteiger partial charge in [0.15, 0.2) is 0 Å². The van der Waals surface area contributed by atoms with Crippen LogP contribution in [0.1, 0.15) is 24.8 Å². The minimum absolute atomic E-state index is 0.178. The van der Waals surface area contributed by atoms with Gasteiger partial charge in [-0.3, -0.25) is 4.79 Å². The van der Waals surface area contributed by atoms with E-state index in [2.05, 4.69) is 0 Å². The number of carbonyl (C=O) groups is 1. The molecule has 0 spiro atoms. The van der Waals surface area contributed by atoms with Crippen LogP contribution in [0.25, 0.3) is 0 Å². The van der Waals surface area contributed by atoms with Gasteiger partial charge < -0.3 is 9.64 Å². The summed E-state index contributed by atoms with van der Waals surface area (Å²) in [5.41, 5.74) is 0.671. The van der Waals surface area contributed by atoms with Crippen molar-refractivity contribution in [3.63, 3.8) is 0 Å². The van der Waals surface area contributed by atoms with Crippen LogP contribution in [0.3, 0.4) is 0 Å². The van der Waals surface area contributed by atoms with Crippen LogP contribution in [0, 0.1) is 12.8 Å². The molecule has 1 aromatic carbocycles. The Balaban J connectivity index is 1.76. The molecule has 6 nitrogen and oxygen atoms in total. The van der Waals surface area contributed by atoms with Crippen LogP contribution in [0.4, 0.5) is 0 Å².